The number of hydrogen-bond donors (Lipinski definition) is 1. The average molecular weight is 410 g/mol. The Bertz CT molecular complexity index is 902. The number of carbonyl (C=O) groups is 3. The molecule has 7 heteroatoms. The molecule has 30 heavy (non-hydrogen) atoms. The van der Waals surface area contributed by atoms with Crippen molar-refractivity contribution < 1.29 is 23.9 Å². The minimum Gasteiger partial charge on any atom is -0.497 e. The van der Waals surface area contributed by atoms with Crippen molar-refractivity contribution in [1.29, 1.82) is 0 Å². The molecule has 0 spiro atoms. The molecule has 0 saturated carbocycles. The standard InChI is InChI=1S/C23H26N2O5/c1-4-25(5-2)22(27)16-30-23(28)19-8-6-7-9-20(19)24-21(26)15-12-17-10-13-18(29-3)14-11-17/h6-15H,4-5,16H2,1-3H3,(H,24,26)/b15-12+. The van der Waals surface area contributed by atoms with E-state index in [-0.39, 0.29) is 18.1 Å². The van der Waals surface area contributed by atoms with Crippen molar-refractivity contribution >= 4 is 29.5 Å². The lowest BCUT2D eigenvalue weighted by molar-refractivity contribution is -0.134. The molecule has 2 aromatic carbocycles. The van der Waals surface area contributed by atoms with Gasteiger partial charge in [-0.15, -0.1) is 0 Å². The lowest BCUT2D eigenvalue weighted by Crippen LogP contribution is -2.34. The molecule has 7 nitrogen and oxygen atoms in total. The number of rotatable bonds is 9. The first kappa shape index (κ1) is 22.7. The zero-order chi connectivity index (χ0) is 21.9. The van der Waals surface area contributed by atoms with E-state index in [1.807, 2.05) is 26.0 Å². The van der Waals surface area contributed by atoms with Gasteiger partial charge in [-0.1, -0.05) is 24.3 Å². The van der Waals surface area contributed by atoms with Gasteiger partial charge in [-0.25, -0.2) is 4.79 Å². The minimum absolute atomic E-state index is 0.177. The summed E-state index contributed by atoms with van der Waals surface area (Å²) in [6.07, 6.45) is 3.02. The van der Waals surface area contributed by atoms with Gasteiger partial charge in [0.1, 0.15) is 5.75 Å². The highest BCUT2D eigenvalue weighted by molar-refractivity contribution is 6.06. The molecular weight excluding hydrogens is 384 g/mol. The van der Waals surface area contributed by atoms with Gasteiger partial charge in [-0.2, -0.15) is 0 Å². The van der Waals surface area contributed by atoms with E-state index in [1.54, 1.807) is 48.4 Å². The average Bonchev–Trinajstić information content (AvgIpc) is 2.77. The van der Waals surface area contributed by atoms with Gasteiger partial charge in [0, 0.05) is 19.2 Å². The van der Waals surface area contributed by atoms with E-state index in [0.29, 0.717) is 18.8 Å². The Labute approximate surface area is 176 Å². The molecule has 0 unspecified atom stereocenters. The fourth-order valence-electron chi connectivity index (χ4n) is 2.70. The van der Waals surface area contributed by atoms with Gasteiger partial charge in [-0.05, 0) is 49.8 Å². The van der Waals surface area contributed by atoms with E-state index in [4.69, 9.17) is 9.47 Å². The molecule has 158 valence electrons. The van der Waals surface area contributed by atoms with Crippen LogP contribution in [0.15, 0.2) is 54.6 Å². The summed E-state index contributed by atoms with van der Waals surface area (Å²) < 4.78 is 10.2. The number of carbonyl (C=O) groups excluding carboxylic acids is 3. The number of esters is 1. The van der Waals surface area contributed by atoms with E-state index in [0.717, 1.165) is 11.3 Å². The SMILES string of the molecule is CCN(CC)C(=O)COC(=O)c1ccccc1NC(=O)/C=C/c1ccc(OC)cc1. The zero-order valence-electron chi connectivity index (χ0n) is 17.4. The predicted molar refractivity (Wildman–Crippen MR) is 115 cm³/mol. The summed E-state index contributed by atoms with van der Waals surface area (Å²) in [6.45, 7) is 4.45. The summed E-state index contributed by atoms with van der Waals surface area (Å²) in [5.41, 5.74) is 1.31. The van der Waals surface area contributed by atoms with Crippen LogP contribution in [0.5, 0.6) is 5.75 Å². The molecule has 0 aliphatic carbocycles. The second-order valence-electron chi connectivity index (χ2n) is 6.28. The molecule has 1 N–H and O–H groups in total. The molecule has 0 radical (unpaired) electrons. The number of hydrogen-bond acceptors (Lipinski definition) is 5. The first-order chi connectivity index (χ1) is 14.5. The maximum absolute atomic E-state index is 12.4. The Balaban J connectivity index is 2.01. The van der Waals surface area contributed by atoms with E-state index in [9.17, 15) is 14.4 Å². The highest BCUT2D eigenvalue weighted by Gasteiger charge is 2.17. The summed E-state index contributed by atoms with van der Waals surface area (Å²) in [6, 6.07) is 13.7. The summed E-state index contributed by atoms with van der Waals surface area (Å²) in [4.78, 5) is 38.3. The Morgan fingerprint density at radius 3 is 2.30 bits per heavy atom. The van der Waals surface area contributed by atoms with Gasteiger partial charge in [0.15, 0.2) is 6.61 Å². The van der Waals surface area contributed by atoms with Crippen LogP contribution in [-0.4, -0.2) is 49.5 Å². The topological polar surface area (TPSA) is 84.9 Å². The molecular formula is C23H26N2O5. The van der Waals surface area contributed by atoms with Crippen molar-refractivity contribution in [2.24, 2.45) is 0 Å². The number of anilines is 1. The van der Waals surface area contributed by atoms with Crippen LogP contribution in [0.4, 0.5) is 5.69 Å². The van der Waals surface area contributed by atoms with E-state index in [1.165, 1.54) is 12.1 Å². The predicted octanol–water partition coefficient (Wildman–Crippen LogP) is 3.37. The third kappa shape index (κ3) is 6.48. The molecule has 0 aliphatic rings. The van der Waals surface area contributed by atoms with E-state index in [2.05, 4.69) is 5.32 Å². The number of nitrogens with zero attached hydrogens (tertiary/aromatic N) is 1. The molecule has 0 bridgehead atoms. The molecule has 0 fully saturated rings. The maximum Gasteiger partial charge on any atom is 0.340 e. The smallest absolute Gasteiger partial charge is 0.340 e. The zero-order valence-corrected chi connectivity index (χ0v) is 17.4. The molecule has 0 heterocycles. The highest BCUT2D eigenvalue weighted by Crippen LogP contribution is 2.17. The van der Waals surface area contributed by atoms with Crippen LogP contribution in [-0.2, 0) is 14.3 Å². The number of para-hydroxylation sites is 1. The number of amides is 2. The quantitative estimate of drug-likeness (QED) is 0.506. The van der Waals surface area contributed by atoms with E-state index < -0.39 is 11.9 Å². The summed E-state index contributed by atoms with van der Waals surface area (Å²) in [5.74, 6) is -0.614. The van der Waals surface area contributed by atoms with Crippen LogP contribution in [0.3, 0.4) is 0 Å². The van der Waals surface area contributed by atoms with Gasteiger partial charge < -0.3 is 19.7 Å². The Morgan fingerprint density at radius 1 is 1.00 bits per heavy atom. The molecule has 2 aromatic rings. The molecule has 0 atom stereocenters. The number of methoxy groups -OCH3 is 1. The molecule has 0 saturated heterocycles. The summed E-state index contributed by atoms with van der Waals surface area (Å²) >= 11 is 0. The second-order valence-corrected chi connectivity index (χ2v) is 6.28. The van der Waals surface area contributed by atoms with Crippen LogP contribution in [0.2, 0.25) is 0 Å². The highest BCUT2D eigenvalue weighted by atomic mass is 16.5. The maximum atomic E-state index is 12.4. The first-order valence-corrected chi connectivity index (χ1v) is 9.65. The normalized spacial score (nSPS) is 10.5. The summed E-state index contributed by atoms with van der Waals surface area (Å²) in [5, 5.41) is 2.67. The molecule has 0 aromatic heterocycles. The van der Waals surface area contributed by atoms with Gasteiger partial charge in [0.25, 0.3) is 5.91 Å². The molecule has 2 rings (SSSR count). The lowest BCUT2D eigenvalue weighted by atomic mass is 10.1. The van der Waals surface area contributed by atoms with E-state index >= 15 is 0 Å². The molecule has 0 aliphatic heterocycles. The van der Waals surface area contributed by atoms with Gasteiger partial charge >= 0.3 is 5.97 Å². The van der Waals surface area contributed by atoms with Crippen molar-refractivity contribution in [3.05, 3.63) is 65.7 Å². The van der Waals surface area contributed by atoms with Crippen LogP contribution >= 0.6 is 0 Å². The van der Waals surface area contributed by atoms with Crippen molar-refractivity contribution in [3.8, 4) is 5.75 Å². The van der Waals surface area contributed by atoms with Crippen molar-refractivity contribution in [1.82, 2.24) is 4.90 Å². The monoisotopic (exact) mass is 410 g/mol. The Morgan fingerprint density at radius 2 is 1.67 bits per heavy atom. The third-order valence-corrected chi connectivity index (χ3v) is 4.39. The number of ether oxygens (including phenoxy) is 2. The number of benzene rings is 2. The third-order valence-electron chi connectivity index (χ3n) is 4.39. The van der Waals surface area contributed by atoms with Crippen molar-refractivity contribution in [3.63, 3.8) is 0 Å². The van der Waals surface area contributed by atoms with Crippen LogP contribution in [0, 0.1) is 0 Å². The van der Waals surface area contributed by atoms with Gasteiger partial charge in [-0.3, -0.25) is 9.59 Å². The van der Waals surface area contributed by atoms with Crippen molar-refractivity contribution in [2.45, 2.75) is 13.8 Å². The first-order valence-electron chi connectivity index (χ1n) is 9.65. The molecule has 2 amide bonds. The Kier molecular flexibility index (Phi) is 8.62. The number of nitrogens with one attached hydrogen (secondary N) is 1. The van der Waals surface area contributed by atoms with Crippen LogP contribution < -0.4 is 10.1 Å². The Hall–Kier alpha value is -3.61. The van der Waals surface area contributed by atoms with Gasteiger partial charge in [0.05, 0.1) is 18.4 Å². The lowest BCUT2D eigenvalue weighted by Gasteiger charge is -2.18. The van der Waals surface area contributed by atoms with Crippen molar-refractivity contribution in [2.75, 3.05) is 32.1 Å². The van der Waals surface area contributed by atoms with Gasteiger partial charge in [0.2, 0.25) is 5.91 Å². The number of likely N-dealkylation sites (N-methyl/N-ethyl adjacent to an activating group) is 1. The largest absolute Gasteiger partial charge is 0.497 e. The van der Waals surface area contributed by atoms with Crippen LogP contribution in [0.1, 0.15) is 29.8 Å². The second kappa shape index (κ2) is 11.4. The van der Waals surface area contributed by atoms with Crippen LogP contribution in [0.25, 0.3) is 6.08 Å². The summed E-state index contributed by atoms with van der Waals surface area (Å²) in [7, 11) is 1.58. The fraction of sp³-hybridized carbons (Fsp3) is 0.261. The minimum atomic E-state index is -0.675. The fourth-order valence-corrected chi connectivity index (χ4v) is 2.70.